The molecule has 3 rings (SSSR count). The second-order valence-electron chi connectivity index (χ2n) is 6.77. The Morgan fingerprint density at radius 3 is 2.56 bits per heavy atom. The molecule has 2 N–H and O–H groups in total. The van der Waals surface area contributed by atoms with Gasteiger partial charge in [0.05, 0.1) is 30.5 Å². The van der Waals surface area contributed by atoms with E-state index in [9.17, 15) is 14.4 Å². The van der Waals surface area contributed by atoms with Crippen LogP contribution in [0.1, 0.15) is 26.3 Å². The van der Waals surface area contributed by atoms with E-state index in [2.05, 4.69) is 31.8 Å². The highest BCUT2D eigenvalue weighted by Gasteiger charge is 2.15. The fourth-order valence-corrected chi connectivity index (χ4v) is 3.35. The zero-order valence-corrected chi connectivity index (χ0v) is 20.2. The maximum Gasteiger partial charge on any atom is 0.345 e. The molecule has 0 aliphatic carbocycles. The molecule has 0 saturated carbocycles. The lowest BCUT2D eigenvalue weighted by atomic mass is 10.2. The first-order chi connectivity index (χ1) is 16.4. The minimum atomic E-state index is -0.623. The number of ether oxygens (including phenoxy) is 2. The predicted molar refractivity (Wildman–Crippen MR) is 132 cm³/mol. The minimum absolute atomic E-state index is 0.198. The Kier molecular flexibility index (Phi) is 8.78. The molecule has 174 valence electrons. The number of halogens is 2. The lowest BCUT2D eigenvalue weighted by molar-refractivity contribution is -0.120. The van der Waals surface area contributed by atoms with Gasteiger partial charge in [-0.15, -0.1) is 0 Å². The Labute approximate surface area is 209 Å². The fourth-order valence-electron chi connectivity index (χ4n) is 2.74. The largest absolute Gasteiger partial charge is 0.493 e. The Morgan fingerprint density at radius 2 is 1.82 bits per heavy atom. The van der Waals surface area contributed by atoms with Crippen LogP contribution in [0.15, 0.2) is 76.3 Å². The summed E-state index contributed by atoms with van der Waals surface area (Å²) in [6.07, 6.45) is 1.39. The second kappa shape index (κ2) is 12.0. The van der Waals surface area contributed by atoms with Gasteiger partial charge in [-0.1, -0.05) is 45.7 Å². The van der Waals surface area contributed by atoms with Crippen LogP contribution in [0.25, 0.3) is 0 Å². The predicted octanol–water partition coefficient (Wildman–Crippen LogP) is 4.21. The van der Waals surface area contributed by atoms with Crippen LogP contribution in [-0.4, -0.2) is 37.7 Å². The summed E-state index contributed by atoms with van der Waals surface area (Å²) in [5, 5.41) is 6.66. The summed E-state index contributed by atoms with van der Waals surface area (Å²) in [6, 6.07) is 18.1. The maximum atomic E-state index is 12.4. The number of methoxy groups -OCH3 is 1. The van der Waals surface area contributed by atoms with Gasteiger partial charge >= 0.3 is 5.97 Å². The van der Waals surface area contributed by atoms with Gasteiger partial charge in [0.2, 0.25) is 0 Å². The lowest BCUT2D eigenvalue weighted by Gasteiger charge is -2.10. The van der Waals surface area contributed by atoms with Crippen molar-refractivity contribution >= 4 is 51.5 Å². The van der Waals surface area contributed by atoms with Gasteiger partial charge in [0.15, 0.2) is 11.5 Å². The highest BCUT2D eigenvalue weighted by atomic mass is 79.9. The highest BCUT2D eigenvalue weighted by Crippen LogP contribution is 2.29. The molecule has 8 nitrogen and oxygen atoms in total. The highest BCUT2D eigenvalue weighted by molar-refractivity contribution is 9.10. The van der Waals surface area contributed by atoms with Gasteiger partial charge in [-0.3, -0.25) is 9.59 Å². The number of hydrazone groups is 1. The van der Waals surface area contributed by atoms with Crippen LogP contribution >= 0.6 is 27.5 Å². The molecule has 0 radical (unpaired) electrons. The van der Waals surface area contributed by atoms with E-state index in [-0.39, 0.29) is 34.5 Å². The monoisotopic (exact) mass is 543 g/mol. The number of esters is 1. The summed E-state index contributed by atoms with van der Waals surface area (Å²) in [6.45, 7) is -0.247. The molecule has 3 aromatic carbocycles. The van der Waals surface area contributed by atoms with Crippen LogP contribution in [0.4, 0.5) is 0 Å². The molecule has 2 amide bonds. The maximum absolute atomic E-state index is 12.4. The van der Waals surface area contributed by atoms with Crippen molar-refractivity contribution in [3.63, 3.8) is 0 Å². The quantitative estimate of drug-likeness (QED) is 0.191. The van der Waals surface area contributed by atoms with Gasteiger partial charge in [-0.25, -0.2) is 10.2 Å². The number of carbonyl (C=O) groups excluding carboxylic acids is 3. The molecule has 0 unspecified atom stereocenters. The normalized spacial score (nSPS) is 10.6. The van der Waals surface area contributed by atoms with E-state index < -0.39 is 11.9 Å². The van der Waals surface area contributed by atoms with Crippen molar-refractivity contribution in [2.45, 2.75) is 0 Å². The van der Waals surface area contributed by atoms with Crippen LogP contribution < -0.4 is 20.2 Å². The van der Waals surface area contributed by atoms with Gasteiger partial charge < -0.3 is 14.8 Å². The molecule has 10 heteroatoms. The van der Waals surface area contributed by atoms with Crippen molar-refractivity contribution in [1.82, 2.24) is 10.7 Å². The van der Waals surface area contributed by atoms with Crippen molar-refractivity contribution in [3.8, 4) is 11.5 Å². The molecule has 0 fully saturated rings. The van der Waals surface area contributed by atoms with Crippen molar-refractivity contribution < 1.29 is 23.9 Å². The molecule has 34 heavy (non-hydrogen) atoms. The average molecular weight is 545 g/mol. The van der Waals surface area contributed by atoms with Gasteiger partial charge in [0.1, 0.15) is 0 Å². The standard InChI is InChI=1S/C24H19BrClN3O5/c1-33-21-11-15(9-10-20(21)34-24(32)18-7-2-3-8-19(18)26)13-28-29-22(30)14-27-23(31)16-5-4-6-17(25)12-16/h2-13H,14H2,1H3,(H,27,31)(H,29,30)/b28-13-. The number of hydrogen-bond acceptors (Lipinski definition) is 6. The van der Waals surface area contributed by atoms with Crippen LogP contribution in [-0.2, 0) is 4.79 Å². The molecular formula is C24H19BrClN3O5. The number of rotatable bonds is 8. The molecule has 0 heterocycles. The van der Waals surface area contributed by atoms with Crippen LogP contribution in [0.5, 0.6) is 11.5 Å². The molecule has 0 bridgehead atoms. The van der Waals surface area contributed by atoms with Gasteiger partial charge in [0, 0.05) is 10.0 Å². The first kappa shape index (κ1) is 24.9. The van der Waals surface area contributed by atoms with Crippen molar-refractivity contribution in [3.05, 3.63) is 92.9 Å². The Bertz CT molecular complexity index is 1250. The molecule has 0 aromatic heterocycles. The number of nitrogens with one attached hydrogen (secondary N) is 2. The van der Waals surface area contributed by atoms with Crippen LogP contribution in [0, 0.1) is 0 Å². The topological polar surface area (TPSA) is 106 Å². The number of carbonyl (C=O) groups is 3. The van der Waals surface area contributed by atoms with Gasteiger partial charge in [0.25, 0.3) is 11.8 Å². The summed E-state index contributed by atoms with van der Waals surface area (Å²) >= 11 is 9.32. The molecule has 0 aliphatic rings. The third-order valence-corrected chi connectivity index (χ3v) is 5.21. The Balaban J connectivity index is 1.55. The molecule has 0 atom stereocenters. The van der Waals surface area contributed by atoms with Crippen molar-refractivity contribution in [2.24, 2.45) is 5.10 Å². The molecule has 0 aliphatic heterocycles. The van der Waals surface area contributed by atoms with E-state index in [1.54, 1.807) is 60.7 Å². The molecule has 0 spiro atoms. The molecular weight excluding hydrogens is 526 g/mol. The van der Waals surface area contributed by atoms with Crippen LogP contribution in [0.2, 0.25) is 5.02 Å². The SMILES string of the molecule is COc1cc(/C=N\NC(=O)CNC(=O)c2cccc(Br)c2)ccc1OC(=O)c1ccccc1Cl. The Morgan fingerprint density at radius 1 is 1.03 bits per heavy atom. The first-order valence-electron chi connectivity index (χ1n) is 9.88. The van der Waals surface area contributed by atoms with Crippen molar-refractivity contribution in [1.29, 1.82) is 0 Å². The number of benzene rings is 3. The Hall–Kier alpha value is -3.69. The van der Waals surface area contributed by atoms with E-state index in [1.165, 1.54) is 19.4 Å². The minimum Gasteiger partial charge on any atom is -0.493 e. The molecule has 0 saturated heterocycles. The van der Waals surface area contributed by atoms with Crippen molar-refractivity contribution in [2.75, 3.05) is 13.7 Å². The fraction of sp³-hybridized carbons (Fsp3) is 0.0833. The zero-order chi connectivity index (χ0) is 24.5. The van der Waals surface area contributed by atoms with Crippen LogP contribution in [0.3, 0.4) is 0 Å². The summed E-state index contributed by atoms with van der Waals surface area (Å²) in [5.74, 6) is -1.02. The van der Waals surface area contributed by atoms with Gasteiger partial charge in [-0.05, 0) is 54.1 Å². The first-order valence-corrected chi connectivity index (χ1v) is 11.0. The van der Waals surface area contributed by atoms with E-state index in [4.69, 9.17) is 21.1 Å². The molecule has 3 aromatic rings. The van der Waals surface area contributed by atoms with E-state index in [0.717, 1.165) is 4.47 Å². The summed E-state index contributed by atoms with van der Waals surface area (Å²) in [5.41, 5.74) is 3.56. The summed E-state index contributed by atoms with van der Waals surface area (Å²) in [7, 11) is 1.43. The average Bonchev–Trinajstić information content (AvgIpc) is 2.83. The number of nitrogens with zero attached hydrogens (tertiary/aromatic N) is 1. The summed E-state index contributed by atoms with van der Waals surface area (Å²) < 4.78 is 11.4. The van der Waals surface area contributed by atoms with E-state index in [1.807, 2.05) is 0 Å². The van der Waals surface area contributed by atoms with E-state index >= 15 is 0 Å². The zero-order valence-electron chi connectivity index (χ0n) is 17.9. The lowest BCUT2D eigenvalue weighted by Crippen LogP contribution is -2.34. The second-order valence-corrected chi connectivity index (χ2v) is 8.09. The smallest absolute Gasteiger partial charge is 0.345 e. The van der Waals surface area contributed by atoms with Gasteiger partial charge in [-0.2, -0.15) is 5.10 Å². The number of hydrogen-bond donors (Lipinski definition) is 2. The third kappa shape index (κ3) is 6.90. The number of amides is 2. The summed E-state index contributed by atoms with van der Waals surface area (Å²) in [4.78, 5) is 36.4. The van der Waals surface area contributed by atoms with E-state index in [0.29, 0.717) is 11.1 Å². The third-order valence-electron chi connectivity index (χ3n) is 4.38.